The van der Waals surface area contributed by atoms with Crippen LogP contribution < -0.4 is 15.4 Å². The van der Waals surface area contributed by atoms with Gasteiger partial charge in [0.15, 0.2) is 0 Å². The summed E-state index contributed by atoms with van der Waals surface area (Å²) in [6.45, 7) is 0.972. The van der Waals surface area contributed by atoms with Crippen LogP contribution in [0.4, 0.5) is 4.79 Å². The molecular formula is C14H19BrN2O2. The van der Waals surface area contributed by atoms with Crippen molar-refractivity contribution in [2.45, 2.75) is 31.7 Å². The van der Waals surface area contributed by atoms with Gasteiger partial charge in [-0.2, -0.15) is 0 Å². The molecule has 1 aromatic carbocycles. The molecule has 1 aliphatic carbocycles. The molecule has 1 fully saturated rings. The highest BCUT2D eigenvalue weighted by Gasteiger charge is 2.16. The number of benzene rings is 1. The molecular weight excluding hydrogens is 308 g/mol. The highest BCUT2D eigenvalue weighted by molar-refractivity contribution is 9.10. The molecule has 0 spiro atoms. The molecule has 2 amide bonds. The summed E-state index contributed by atoms with van der Waals surface area (Å²) < 4.78 is 6.52. The van der Waals surface area contributed by atoms with Gasteiger partial charge in [0.25, 0.3) is 0 Å². The van der Waals surface area contributed by atoms with E-state index in [0.29, 0.717) is 19.2 Å². The topological polar surface area (TPSA) is 50.4 Å². The van der Waals surface area contributed by atoms with Gasteiger partial charge in [-0.3, -0.25) is 0 Å². The average molecular weight is 327 g/mol. The lowest BCUT2D eigenvalue weighted by atomic mass is 10.3. The zero-order valence-corrected chi connectivity index (χ0v) is 12.4. The number of urea groups is 1. The zero-order chi connectivity index (χ0) is 13.5. The fourth-order valence-corrected chi connectivity index (χ4v) is 2.58. The largest absolute Gasteiger partial charge is 0.492 e. The Labute approximate surface area is 122 Å². The van der Waals surface area contributed by atoms with Gasteiger partial charge in [-0.1, -0.05) is 34.8 Å². The first-order valence-electron chi connectivity index (χ1n) is 6.67. The molecule has 1 aromatic rings. The van der Waals surface area contributed by atoms with Crippen LogP contribution in [0.3, 0.4) is 0 Å². The lowest BCUT2D eigenvalue weighted by Crippen LogP contribution is -2.42. The van der Waals surface area contributed by atoms with E-state index in [1.807, 2.05) is 24.3 Å². The Morgan fingerprint density at radius 2 is 2.16 bits per heavy atom. The van der Waals surface area contributed by atoms with E-state index in [1.54, 1.807) is 0 Å². The smallest absolute Gasteiger partial charge is 0.315 e. The molecule has 0 unspecified atom stereocenters. The quantitative estimate of drug-likeness (QED) is 0.817. The van der Waals surface area contributed by atoms with Crippen LogP contribution in [0, 0.1) is 0 Å². The second-order valence-electron chi connectivity index (χ2n) is 4.69. The molecule has 1 saturated carbocycles. The zero-order valence-electron chi connectivity index (χ0n) is 10.8. The van der Waals surface area contributed by atoms with Crippen LogP contribution in [-0.2, 0) is 0 Å². The summed E-state index contributed by atoms with van der Waals surface area (Å²) in [6.07, 6.45) is 4.64. The molecule has 1 aliphatic rings. The summed E-state index contributed by atoms with van der Waals surface area (Å²) in [7, 11) is 0. The van der Waals surface area contributed by atoms with Gasteiger partial charge in [0.1, 0.15) is 12.4 Å². The molecule has 0 atom stereocenters. The van der Waals surface area contributed by atoms with E-state index < -0.39 is 0 Å². The second-order valence-corrected chi connectivity index (χ2v) is 5.60. The van der Waals surface area contributed by atoms with Crippen molar-refractivity contribution < 1.29 is 9.53 Å². The molecule has 0 aromatic heterocycles. The minimum absolute atomic E-state index is 0.0928. The van der Waals surface area contributed by atoms with Crippen LogP contribution >= 0.6 is 15.9 Å². The number of hydrogen-bond donors (Lipinski definition) is 2. The SMILES string of the molecule is O=C(NCCOc1cccc(Br)c1)NC1CCCC1. The lowest BCUT2D eigenvalue weighted by molar-refractivity contribution is 0.233. The number of hydrogen-bond acceptors (Lipinski definition) is 2. The summed E-state index contributed by atoms with van der Waals surface area (Å²) in [5.74, 6) is 0.798. The van der Waals surface area contributed by atoms with Gasteiger partial charge in [0, 0.05) is 10.5 Å². The highest BCUT2D eigenvalue weighted by Crippen LogP contribution is 2.18. The van der Waals surface area contributed by atoms with Crippen LogP contribution in [0.2, 0.25) is 0 Å². The van der Waals surface area contributed by atoms with Gasteiger partial charge in [0.2, 0.25) is 0 Å². The number of amides is 2. The Hall–Kier alpha value is -1.23. The number of rotatable bonds is 5. The molecule has 2 N–H and O–H groups in total. The summed E-state index contributed by atoms with van der Waals surface area (Å²) in [6, 6.07) is 7.91. The van der Waals surface area contributed by atoms with Crippen molar-refractivity contribution in [1.82, 2.24) is 10.6 Å². The van der Waals surface area contributed by atoms with E-state index in [4.69, 9.17) is 4.74 Å². The third-order valence-corrected chi connectivity index (χ3v) is 3.64. The number of carbonyl (C=O) groups excluding carboxylic acids is 1. The second kappa shape index (κ2) is 7.38. The van der Waals surface area contributed by atoms with E-state index in [0.717, 1.165) is 23.1 Å². The van der Waals surface area contributed by atoms with Crippen molar-refractivity contribution in [3.05, 3.63) is 28.7 Å². The van der Waals surface area contributed by atoms with Crippen molar-refractivity contribution in [3.8, 4) is 5.75 Å². The molecule has 0 aliphatic heterocycles. The van der Waals surface area contributed by atoms with Crippen molar-refractivity contribution in [2.75, 3.05) is 13.2 Å². The Kier molecular flexibility index (Phi) is 5.51. The van der Waals surface area contributed by atoms with Gasteiger partial charge >= 0.3 is 6.03 Å². The first-order chi connectivity index (χ1) is 9.24. The molecule has 0 bridgehead atoms. The van der Waals surface area contributed by atoms with Crippen molar-refractivity contribution in [2.24, 2.45) is 0 Å². The molecule has 104 valence electrons. The molecule has 19 heavy (non-hydrogen) atoms. The summed E-state index contributed by atoms with van der Waals surface area (Å²) >= 11 is 3.38. The van der Waals surface area contributed by atoms with Crippen molar-refractivity contribution in [1.29, 1.82) is 0 Å². The summed E-state index contributed by atoms with van der Waals surface area (Å²) in [5, 5.41) is 5.78. The molecule has 0 radical (unpaired) electrons. The number of halogens is 1. The predicted molar refractivity (Wildman–Crippen MR) is 78.4 cm³/mol. The Morgan fingerprint density at radius 1 is 1.37 bits per heavy atom. The maximum absolute atomic E-state index is 11.6. The lowest BCUT2D eigenvalue weighted by Gasteiger charge is -2.13. The van der Waals surface area contributed by atoms with E-state index >= 15 is 0 Å². The monoisotopic (exact) mass is 326 g/mol. The summed E-state index contributed by atoms with van der Waals surface area (Å²) in [5.41, 5.74) is 0. The van der Waals surface area contributed by atoms with Gasteiger partial charge in [-0.05, 0) is 31.0 Å². The fraction of sp³-hybridized carbons (Fsp3) is 0.500. The van der Waals surface area contributed by atoms with Gasteiger partial charge < -0.3 is 15.4 Å². The number of ether oxygens (including phenoxy) is 1. The van der Waals surface area contributed by atoms with E-state index in [9.17, 15) is 4.79 Å². The van der Waals surface area contributed by atoms with Crippen LogP contribution in [-0.4, -0.2) is 25.2 Å². The Bertz CT molecular complexity index is 420. The van der Waals surface area contributed by atoms with Gasteiger partial charge in [-0.25, -0.2) is 4.79 Å². The van der Waals surface area contributed by atoms with Gasteiger partial charge in [0.05, 0.1) is 6.54 Å². The summed E-state index contributed by atoms with van der Waals surface area (Å²) in [4.78, 5) is 11.6. The van der Waals surface area contributed by atoms with Crippen LogP contribution in [0.1, 0.15) is 25.7 Å². The van der Waals surface area contributed by atoms with E-state index in [2.05, 4.69) is 26.6 Å². The normalized spacial score (nSPS) is 15.2. The van der Waals surface area contributed by atoms with Crippen LogP contribution in [0.5, 0.6) is 5.75 Å². The van der Waals surface area contributed by atoms with Crippen molar-refractivity contribution in [3.63, 3.8) is 0 Å². The fourth-order valence-electron chi connectivity index (χ4n) is 2.20. The molecule has 4 nitrogen and oxygen atoms in total. The van der Waals surface area contributed by atoms with E-state index in [-0.39, 0.29) is 6.03 Å². The van der Waals surface area contributed by atoms with Crippen LogP contribution in [0.15, 0.2) is 28.7 Å². The first-order valence-corrected chi connectivity index (χ1v) is 7.46. The highest BCUT2D eigenvalue weighted by atomic mass is 79.9. The van der Waals surface area contributed by atoms with Crippen molar-refractivity contribution >= 4 is 22.0 Å². The first kappa shape index (κ1) is 14.2. The molecule has 0 heterocycles. The predicted octanol–water partition coefficient (Wildman–Crippen LogP) is 3.07. The minimum Gasteiger partial charge on any atom is -0.492 e. The maximum Gasteiger partial charge on any atom is 0.315 e. The number of carbonyl (C=O) groups is 1. The standard InChI is InChI=1S/C14H19BrN2O2/c15-11-4-3-7-13(10-11)19-9-8-16-14(18)17-12-5-1-2-6-12/h3-4,7,10,12H,1-2,5-6,8-9H2,(H2,16,17,18). The Morgan fingerprint density at radius 3 is 2.89 bits per heavy atom. The Balaban J connectivity index is 1.59. The molecule has 0 saturated heterocycles. The third-order valence-electron chi connectivity index (χ3n) is 3.14. The molecule has 5 heteroatoms. The minimum atomic E-state index is -0.0928. The molecule has 2 rings (SSSR count). The van der Waals surface area contributed by atoms with Gasteiger partial charge in [-0.15, -0.1) is 0 Å². The average Bonchev–Trinajstić information content (AvgIpc) is 2.87. The maximum atomic E-state index is 11.6. The number of nitrogens with one attached hydrogen (secondary N) is 2. The van der Waals surface area contributed by atoms with E-state index in [1.165, 1.54) is 12.8 Å². The van der Waals surface area contributed by atoms with Crippen LogP contribution in [0.25, 0.3) is 0 Å². The third kappa shape index (κ3) is 5.11.